The molecular formula is C12H19N. The molecule has 2 atom stereocenters. The minimum Gasteiger partial charge on any atom is -0.306 e. The zero-order chi connectivity index (χ0) is 9.84. The topological polar surface area (TPSA) is 3.24 Å². The van der Waals surface area contributed by atoms with Gasteiger partial charge in [-0.15, -0.1) is 0 Å². The van der Waals surface area contributed by atoms with E-state index < -0.39 is 0 Å². The van der Waals surface area contributed by atoms with Crippen LogP contribution in [0.2, 0.25) is 0 Å². The van der Waals surface area contributed by atoms with Crippen LogP contribution in [-0.2, 0) is 0 Å². The Morgan fingerprint density at radius 2 is 2.15 bits per heavy atom. The van der Waals surface area contributed by atoms with E-state index >= 15 is 0 Å². The molecule has 0 aliphatic heterocycles. The molecule has 0 saturated carbocycles. The normalized spacial score (nSPS) is 24.0. The average Bonchev–Trinajstić information content (AvgIpc) is 2.09. The van der Waals surface area contributed by atoms with Gasteiger partial charge >= 0.3 is 0 Å². The summed E-state index contributed by atoms with van der Waals surface area (Å²) in [4.78, 5) is 2.28. The molecule has 0 spiro atoms. The maximum absolute atomic E-state index is 4.08. The van der Waals surface area contributed by atoms with Crippen LogP contribution in [0, 0.1) is 5.92 Å². The summed E-state index contributed by atoms with van der Waals surface area (Å²) >= 11 is 0. The summed E-state index contributed by atoms with van der Waals surface area (Å²) in [7, 11) is 4.27. The monoisotopic (exact) mass is 177 g/mol. The van der Waals surface area contributed by atoms with Crippen LogP contribution in [-0.4, -0.2) is 25.0 Å². The predicted molar refractivity (Wildman–Crippen MR) is 58.7 cm³/mol. The van der Waals surface area contributed by atoms with Crippen molar-refractivity contribution in [2.75, 3.05) is 14.1 Å². The van der Waals surface area contributed by atoms with E-state index in [1.54, 1.807) is 0 Å². The van der Waals surface area contributed by atoms with E-state index in [9.17, 15) is 0 Å². The van der Waals surface area contributed by atoms with Crippen molar-refractivity contribution < 1.29 is 0 Å². The fraction of sp³-hybridized carbons (Fsp3) is 0.500. The molecular weight excluding hydrogens is 158 g/mol. The van der Waals surface area contributed by atoms with Crippen LogP contribution in [0.15, 0.2) is 36.5 Å². The molecule has 0 heterocycles. The Balaban J connectivity index is 2.74. The molecule has 0 radical (unpaired) electrons. The van der Waals surface area contributed by atoms with E-state index in [0.29, 0.717) is 12.0 Å². The highest BCUT2D eigenvalue weighted by atomic mass is 15.1. The van der Waals surface area contributed by atoms with Gasteiger partial charge in [0.2, 0.25) is 0 Å². The van der Waals surface area contributed by atoms with Gasteiger partial charge in [0.15, 0.2) is 0 Å². The number of allylic oxidation sites excluding steroid dienone is 3. The van der Waals surface area contributed by atoms with Crippen molar-refractivity contribution in [1.29, 1.82) is 0 Å². The third-order valence-corrected chi connectivity index (χ3v) is 2.66. The Morgan fingerprint density at radius 3 is 2.62 bits per heavy atom. The van der Waals surface area contributed by atoms with E-state index in [1.807, 2.05) is 0 Å². The zero-order valence-corrected chi connectivity index (χ0v) is 8.83. The first-order valence-corrected chi connectivity index (χ1v) is 4.87. The fourth-order valence-electron chi connectivity index (χ4n) is 1.91. The number of hydrogen-bond donors (Lipinski definition) is 0. The van der Waals surface area contributed by atoms with Gasteiger partial charge in [-0.2, -0.15) is 0 Å². The quantitative estimate of drug-likeness (QED) is 0.640. The van der Waals surface area contributed by atoms with Crippen LogP contribution in [0.1, 0.15) is 13.3 Å². The number of nitrogens with zero attached hydrogens (tertiary/aromatic N) is 1. The molecule has 0 saturated heterocycles. The molecule has 0 bridgehead atoms. The lowest BCUT2D eigenvalue weighted by Crippen LogP contribution is -2.34. The van der Waals surface area contributed by atoms with Crippen molar-refractivity contribution in [3.8, 4) is 0 Å². The second kappa shape index (κ2) is 4.43. The van der Waals surface area contributed by atoms with E-state index in [-0.39, 0.29) is 0 Å². The zero-order valence-electron chi connectivity index (χ0n) is 8.83. The van der Waals surface area contributed by atoms with Crippen LogP contribution >= 0.6 is 0 Å². The van der Waals surface area contributed by atoms with Crippen molar-refractivity contribution in [3.05, 3.63) is 36.5 Å². The molecule has 1 nitrogen and oxygen atoms in total. The van der Waals surface area contributed by atoms with Crippen LogP contribution in [0.5, 0.6) is 0 Å². The largest absolute Gasteiger partial charge is 0.306 e. The van der Waals surface area contributed by atoms with Crippen LogP contribution < -0.4 is 0 Å². The number of hydrogen-bond acceptors (Lipinski definition) is 1. The first-order valence-electron chi connectivity index (χ1n) is 4.87. The van der Waals surface area contributed by atoms with Crippen molar-refractivity contribution >= 4 is 0 Å². The van der Waals surface area contributed by atoms with Gasteiger partial charge in [-0.25, -0.2) is 0 Å². The van der Waals surface area contributed by atoms with Gasteiger partial charge < -0.3 is 4.90 Å². The van der Waals surface area contributed by atoms with Crippen LogP contribution in [0.25, 0.3) is 0 Å². The maximum atomic E-state index is 4.08. The molecule has 1 aliphatic carbocycles. The van der Waals surface area contributed by atoms with Gasteiger partial charge in [-0.05, 0) is 26.1 Å². The minimum absolute atomic E-state index is 0.491. The minimum atomic E-state index is 0.491. The van der Waals surface area contributed by atoms with Crippen molar-refractivity contribution in [2.24, 2.45) is 5.92 Å². The highest BCUT2D eigenvalue weighted by Gasteiger charge is 2.21. The lowest BCUT2D eigenvalue weighted by molar-refractivity contribution is 0.250. The smallest absolute Gasteiger partial charge is 0.0190 e. The predicted octanol–water partition coefficient (Wildman–Crippen LogP) is 2.63. The standard InChI is InChI=1S/C12H19N/c1-5-12(13(3)4)11-9-7-6-8-10(11)2/h6-9,11-12H,2,5H2,1,3-4H3. The molecule has 0 fully saturated rings. The van der Waals surface area contributed by atoms with Gasteiger partial charge in [0.1, 0.15) is 0 Å². The fourth-order valence-corrected chi connectivity index (χ4v) is 1.91. The molecule has 1 aliphatic rings. The van der Waals surface area contributed by atoms with E-state index in [4.69, 9.17) is 0 Å². The molecule has 0 N–H and O–H groups in total. The van der Waals surface area contributed by atoms with E-state index in [0.717, 1.165) is 6.42 Å². The lowest BCUT2D eigenvalue weighted by Gasteiger charge is -2.31. The second-order valence-corrected chi connectivity index (χ2v) is 3.78. The molecule has 72 valence electrons. The van der Waals surface area contributed by atoms with E-state index in [2.05, 4.69) is 56.8 Å². The summed E-state index contributed by atoms with van der Waals surface area (Å²) in [5.74, 6) is 0.491. The Kier molecular flexibility index (Phi) is 3.49. The Morgan fingerprint density at radius 1 is 1.46 bits per heavy atom. The maximum Gasteiger partial charge on any atom is 0.0190 e. The Hall–Kier alpha value is -0.820. The highest BCUT2D eigenvalue weighted by molar-refractivity contribution is 5.32. The third-order valence-electron chi connectivity index (χ3n) is 2.66. The summed E-state index contributed by atoms with van der Waals surface area (Å²) in [6.07, 6.45) is 9.69. The molecule has 0 aromatic rings. The summed E-state index contributed by atoms with van der Waals surface area (Å²) < 4.78 is 0. The summed E-state index contributed by atoms with van der Waals surface area (Å²) in [5.41, 5.74) is 1.23. The molecule has 2 unspecified atom stereocenters. The summed E-state index contributed by atoms with van der Waals surface area (Å²) in [6, 6.07) is 0.577. The van der Waals surface area contributed by atoms with Gasteiger partial charge in [-0.1, -0.05) is 37.8 Å². The van der Waals surface area contributed by atoms with Crippen molar-refractivity contribution in [2.45, 2.75) is 19.4 Å². The molecule has 1 heteroatoms. The molecule has 13 heavy (non-hydrogen) atoms. The second-order valence-electron chi connectivity index (χ2n) is 3.78. The van der Waals surface area contributed by atoms with Crippen LogP contribution in [0.3, 0.4) is 0 Å². The SMILES string of the molecule is C=C1C=CC=CC1C(CC)N(C)C. The number of rotatable bonds is 3. The molecule has 0 aromatic heterocycles. The van der Waals surface area contributed by atoms with Crippen LogP contribution in [0.4, 0.5) is 0 Å². The Labute approximate surface area is 81.4 Å². The molecule has 1 rings (SSSR count). The van der Waals surface area contributed by atoms with E-state index in [1.165, 1.54) is 5.57 Å². The van der Waals surface area contributed by atoms with Gasteiger partial charge in [-0.3, -0.25) is 0 Å². The molecule has 0 aromatic carbocycles. The average molecular weight is 177 g/mol. The lowest BCUT2D eigenvalue weighted by atomic mass is 9.87. The third kappa shape index (κ3) is 2.31. The van der Waals surface area contributed by atoms with Gasteiger partial charge in [0, 0.05) is 12.0 Å². The first kappa shape index (κ1) is 10.3. The Bertz CT molecular complexity index is 236. The van der Waals surface area contributed by atoms with Gasteiger partial charge in [0.05, 0.1) is 0 Å². The van der Waals surface area contributed by atoms with Crippen molar-refractivity contribution in [1.82, 2.24) is 4.90 Å². The summed E-state index contributed by atoms with van der Waals surface area (Å²) in [6.45, 7) is 6.31. The van der Waals surface area contributed by atoms with Gasteiger partial charge in [0.25, 0.3) is 0 Å². The summed E-state index contributed by atoms with van der Waals surface area (Å²) in [5, 5.41) is 0. The highest BCUT2D eigenvalue weighted by Crippen LogP contribution is 2.24. The first-order chi connectivity index (χ1) is 6.16. The molecule has 0 amide bonds. The van der Waals surface area contributed by atoms with Crippen molar-refractivity contribution in [3.63, 3.8) is 0 Å².